The van der Waals surface area contributed by atoms with Gasteiger partial charge in [-0.2, -0.15) is 0 Å². The first kappa shape index (κ1) is 22.0. The Bertz CT molecular complexity index is 1290. The SMILES string of the molecule is COc1c(Br)cc(Br)cc1/C=C/C(=O)Nc1cc(-c2nc3ccccc3s2)ccc1Cl. The second-order valence-electron chi connectivity index (χ2n) is 6.51. The smallest absolute Gasteiger partial charge is 0.248 e. The van der Waals surface area contributed by atoms with Crippen LogP contribution in [0.2, 0.25) is 5.02 Å². The number of hydrogen-bond acceptors (Lipinski definition) is 4. The van der Waals surface area contributed by atoms with E-state index in [4.69, 9.17) is 16.3 Å². The van der Waals surface area contributed by atoms with Gasteiger partial charge < -0.3 is 10.1 Å². The van der Waals surface area contributed by atoms with Crippen molar-refractivity contribution >= 4 is 82.7 Å². The molecule has 0 unspecified atom stereocenters. The maximum atomic E-state index is 12.6. The second-order valence-corrected chi connectivity index (χ2v) is 9.72. The van der Waals surface area contributed by atoms with Gasteiger partial charge in [-0.05, 0) is 58.4 Å². The lowest BCUT2D eigenvalue weighted by atomic mass is 10.2. The summed E-state index contributed by atoms with van der Waals surface area (Å²) in [6.07, 6.45) is 3.13. The highest BCUT2D eigenvalue weighted by Gasteiger charge is 2.11. The molecule has 0 saturated carbocycles. The predicted molar refractivity (Wildman–Crippen MR) is 136 cm³/mol. The Balaban J connectivity index is 1.57. The molecule has 31 heavy (non-hydrogen) atoms. The van der Waals surface area contributed by atoms with Gasteiger partial charge in [0.15, 0.2) is 0 Å². The van der Waals surface area contributed by atoms with Crippen molar-refractivity contribution in [3.8, 4) is 16.3 Å². The van der Waals surface area contributed by atoms with E-state index in [0.717, 1.165) is 35.3 Å². The summed E-state index contributed by atoms with van der Waals surface area (Å²) in [5, 5.41) is 4.17. The lowest BCUT2D eigenvalue weighted by molar-refractivity contribution is -0.111. The molecule has 3 aromatic carbocycles. The fraction of sp³-hybridized carbons (Fsp3) is 0.0435. The first-order valence-electron chi connectivity index (χ1n) is 9.12. The van der Waals surface area contributed by atoms with Crippen LogP contribution in [0.25, 0.3) is 26.9 Å². The summed E-state index contributed by atoms with van der Waals surface area (Å²) < 4.78 is 8.17. The second kappa shape index (κ2) is 9.53. The molecule has 0 saturated heterocycles. The van der Waals surface area contributed by atoms with E-state index in [1.54, 1.807) is 30.6 Å². The number of amides is 1. The zero-order valence-electron chi connectivity index (χ0n) is 16.2. The lowest BCUT2D eigenvalue weighted by Crippen LogP contribution is -2.08. The van der Waals surface area contributed by atoms with Crippen molar-refractivity contribution in [3.05, 3.63) is 80.2 Å². The summed E-state index contributed by atoms with van der Waals surface area (Å²) in [6.45, 7) is 0. The molecule has 8 heteroatoms. The highest BCUT2D eigenvalue weighted by molar-refractivity contribution is 9.11. The Morgan fingerprint density at radius 3 is 2.74 bits per heavy atom. The Kier molecular flexibility index (Phi) is 6.77. The fourth-order valence-corrected chi connectivity index (χ4v) is 5.56. The minimum absolute atomic E-state index is 0.304. The molecule has 0 radical (unpaired) electrons. The molecule has 0 spiro atoms. The van der Waals surface area contributed by atoms with E-state index < -0.39 is 0 Å². The number of halogens is 3. The van der Waals surface area contributed by atoms with Gasteiger partial charge in [-0.3, -0.25) is 4.79 Å². The molecule has 0 bridgehead atoms. The topological polar surface area (TPSA) is 51.2 Å². The third-order valence-electron chi connectivity index (χ3n) is 4.42. The molecule has 0 fully saturated rings. The van der Waals surface area contributed by atoms with Crippen LogP contribution in [-0.2, 0) is 4.79 Å². The Labute approximate surface area is 205 Å². The van der Waals surface area contributed by atoms with Gasteiger partial charge >= 0.3 is 0 Å². The van der Waals surface area contributed by atoms with Crippen molar-refractivity contribution in [2.45, 2.75) is 0 Å². The first-order chi connectivity index (χ1) is 14.9. The van der Waals surface area contributed by atoms with Crippen LogP contribution in [0.1, 0.15) is 5.56 Å². The highest BCUT2D eigenvalue weighted by atomic mass is 79.9. The molecule has 0 atom stereocenters. The molecule has 1 heterocycles. The van der Waals surface area contributed by atoms with Crippen molar-refractivity contribution in [3.63, 3.8) is 0 Å². The molecule has 1 amide bonds. The maximum absolute atomic E-state index is 12.6. The molecule has 1 N–H and O–H groups in total. The zero-order valence-corrected chi connectivity index (χ0v) is 20.9. The summed E-state index contributed by atoms with van der Waals surface area (Å²) in [5.41, 5.74) is 3.12. The van der Waals surface area contributed by atoms with Gasteiger partial charge in [0.25, 0.3) is 0 Å². The zero-order chi connectivity index (χ0) is 22.0. The average Bonchev–Trinajstić information content (AvgIpc) is 3.18. The van der Waals surface area contributed by atoms with Crippen molar-refractivity contribution in [1.29, 1.82) is 0 Å². The first-order valence-corrected chi connectivity index (χ1v) is 11.9. The van der Waals surface area contributed by atoms with E-state index in [9.17, 15) is 4.79 Å². The number of para-hydroxylation sites is 1. The van der Waals surface area contributed by atoms with Gasteiger partial charge in [-0.1, -0.05) is 45.7 Å². The largest absolute Gasteiger partial charge is 0.495 e. The summed E-state index contributed by atoms with van der Waals surface area (Å²) in [7, 11) is 1.58. The summed E-state index contributed by atoms with van der Waals surface area (Å²) in [5.74, 6) is 0.338. The van der Waals surface area contributed by atoms with Gasteiger partial charge in [-0.15, -0.1) is 11.3 Å². The third kappa shape index (κ3) is 5.01. The van der Waals surface area contributed by atoms with Crippen LogP contribution in [0.3, 0.4) is 0 Å². The molecule has 0 aliphatic heterocycles. The minimum atomic E-state index is -0.304. The number of aromatic nitrogens is 1. The summed E-state index contributed by atoms with van der Waals surface area (Å²) >= 11 is 14.8. The number of ether oxygens (including phenoxy) is 1. The monoisotopic (exact) mass is 576 g/mol. The van der Waals surface area contributed by atoms with E-state index in [1.807, 2.05) is 48.5 Å². The van der Waals surface area contributed by atoms with E-state index in [-0.39, 0.29) is 5.91 Å². The quantitative estimate of drug-likeness (QED) is 0.246. The number of carbonyl (C=O) groups is 1. The van der Waals surface area contributed by atoms with Gasteiger partial charge in [0, 0.05) is 21.7 Å². The summed E-state index contributed by atoms with van der Waals surface area (Å²) in [6, 6.07) is 17.2. The molecule has 4 aromatic rings. The predicted octanol–water partition coefficient (Wildman–Crippen LogP) is 7.80. The number of rotatable bonds is 5. The van der Waals surface area contributed by atoms with E-state index in [0.29, 0.717) is 16.5 Å². The van der Waals surface area contributed by atoms with Crippen LogP contribution in [0.4, 0.5) is 5.69 Å². The van der Waals surface area contributed by atoms with Gasteiger partial charge in [0.2, 0.25) is 5.91 Å². The molecular weight excluding hydrogens is 564 g/mol. The molecule has 0 aliphatic carbocycles. The van der Waals surface area contributed by atoms with Gasteiger partial charge in [-0.25, -0.2) is 4.98 Å². The molecule has 4 rings (SSSR count). The number of thiazole rings is 1. The Hall–Kier alpha value is -2.19. The van der Waals surface area contributed by atoms with Crippen molar-refractivity contribution in [1.82, 2.24) is 4.98 Å². The molecule has 1 aromatic heterocycles. The number of nitrogens with one attached hydrogen (secondary N) is 1. The van der Waals surface area contributed by atoms with Gasteiger partial charge in [0.05, 0.1) is 32.5 Å². The number of hydrogen-bond donors (Lipinski definition) is 1. The number of nitrogens with zero attached hydrogens (tertiary/aromatic N) is 1. The van der Waals surface area contributed by atoms with Crippen LogP contribution in [0.5, 0.6) is 5.75 Å². The van der Waals surface area contributed by atoms with E-state index in [2.05, 4.69) is 42.2 Å². The van der Waals surface area contributed by atoms with Crippen LogP contribution in [-0.4, -0.2) is 18.0 Å². The highest BCUT2D eigenvalue weighted by Crippen LogP contribution is 2.35. The third-order valence-corrected chi connectivity index (χ3v) is 6.88. The van der Waals surface area contributed by atoms with Crippen LogP contribution >= 0.6 is 54.8 Å². The van der Waals surface area contributed by atoms with Crippen LogP contribution < -0.4 is 10.1 Å². The standard InChI is InChI=1S/C23H15Br2ClN2O2S/c1-30-22-13(10-15(24)12-16(22)25)7-9-21(29)27-19-11-14(6-8-17(19)26)23-28-18-4-2-3-5-20(18)31-23/h2-12H,1H3,(H,27,29)/b9-7+. The van der Waals surface area contributed by atoms with Crippen molar-refractivity contribution < 1.29 is 9.53 Å². The normalized spacial score (nSPS) is 11.2. The van der Waals surface area contributed by atoms with Crippen molar-refractivity contribution in [2.24, 2.45) is 0 Å². The van der Waals surface area contributed by atoms with E-state index >= 15 is 0 Å². The minimum Gasteiger partial charge on any atom is -0.495 e. The number of benzene rings is 3. The molecule has 0 aliphatic rings. The lowest BCUT2D eigenvalue weighted by Gasteiger charge is -2.09. The number of carbonyl (C=O) groups excluding carboxylic acids is 1. The van der Waals surface area contributed by atoms with E-state index in [1.165, 1.54) is 6.08 Å². The number of anilines is 1. The molecule has 4 nitrogen and oxygen atoms in total. The van der Waals surface area contributed by atoms with Crippen LogP contribution in [0.15, 0.2) is 69.6 Å². The fourth-order valence-electron chi connectivity index (χ4n) is 3.01. The molecule has 156 valence electrons. The molecular formula is C23H15Br2ClN2O2S. The van der Waals surface area contributed by atoms with Crippen LogP contribution in [0, 0.1) is 0 Å². The van der Waals surface area contributed by atoms with Gasteiger partial charge in [0.1, 0.15) is 10.8 Å². The average molecular weight is 579 g/mol. The Morgan fingerprint density at radius 1 is 1.16 bits per heavy atom. The number of methoxy groups -OCH3 is 1. The maximum Gasteiger partial charge on any atom is 0.248 e. The Morgan fingerprint density at radius 2 is 1.97 bits per heavy atom. The van der Waals surface area contributed by atoms with Crippen molar-refractivity contribution in [2.75, 3.05) is 12.4 Å². The number of fused-ring (bicyclic) bond motifs is 1. The summed E-state index contributed by atoms with van der Waals surface area (Å²) in [4.78, 5) is 17.2.